The predicted molar refractivity (Wildman–Crippen MR) is 89.1 cm³/mol. The molecule has 2 heterocycles. The lowest BCUT2D eigenvalue weighted by atomic mass is 10.1. The molecule has 0 aromatic carbocycles. The molecular formula is C16H20N4O2S. The number of hydrogen-bond acceptors (Lipinski definition) is 5. The Morgan fingerprint density at radius 1 is 1.43 bits per heavy atom. The van der Waals surface area contributed by atoms with Crippen molar-refractivity contribution in [3.8, 4) is 10.7 Å². The molecule has 0 bridgehead atoms. The quantitative estimate of drug-likeness (QED) is 0.881. The molecule has 6 nitrogen and oxygen atoms in total. The average Bonchev–Trinajstić information content (AvgIpc) is 3.25. The van der Waals surface area contributed by atoms with Crippen LogP contribution in [0, 0.1) is 5.92 Å². The Balaban J connectivity index is 1.78. The Bertz CT molecular complexity index is 720. The van der Waals surface area contributed by atoms with Gasteiger partial charge >= 0.3 is 0 Å². The first-order valence-electron chi connectivity index (χ1n) is 8.00. The first kappa shape index (κ1) is 15.9. The SMILES string of the molecule is CCC(NC(=O)C1CCCC1)c1nnc(-c2cccs2)[nH]c1=O. The summed E-state index contributed by atoms with van der Waals surface area (Å²) >= 11 is 1.49. The first-order chi connectivity index (χ1) is 11.2. The zero-order valence-electron chi connectivity index (χ0n) is 13.0. The molecule has 1 unspecified atom stereocenters. The van der Waals surface area contributed by atoms with Gasteiger partial charge in [0.05, 0.1) is 10.9 Å². The van der Waals surface area contributed by atoms with Gasteiger partial charge in [-0.3, -0.25) is 9.59 Å². The Hall–Kier alpha value is -2.02. The number of aromatic nitrogens is 3. The molecule has 2 N–H and O–H groups in total. The van der Waals surface area contributed by atoms with Gasteiger partial charge < -0.3 is 10.3 Å². The average molecular weight is 332 g/mol. The van der Waals surface area contributed by atoms with E-state index < -0.39 is 6.04 Å². The number of amides is 1. The van der Waals surface area contributed by atoms with Gasteiger partial charge in [0.15, 0.2) is 11.5 Å². The molecular weight excluding hydrogens is 312 g/mol. The van der Waals surface area contributed by atoms with E-state index in [0.29, 0.717) is 12.2 Å². The molecule has 7 heteroatoms. The van der Waals surface area contributed by atoms with Crippen LogP contribution in [-0.2, 0) is 4.79 Å². The topological polar surface area (TPSA) is 87.7 Å². The maximum atomic E-state index is 12.3. The van der Waals surface area contributed by atoms with E-state index in [1.54, 1.807) is 0 Å². The lowest BCUT2D eigenvalue weighted by Gasteiger charge is -2.18. The van der Waals surface area contributed by atoms with Crippen LogP contribution >= 0.6 is 11.3 Å². The number of H-pyrrole nitrogens is 1. The van der Waals surface area contributed by atoms with E-state index in [0.717, 1.165) is 30.6 Å². The molecule has 1 fully saturated rings. The van der Waals surface area contributed by atoms with Gasteiger partial charge in [-0.1, -0.05) is 25.8 Å². The van der Waals surface area contributed by atoms with Gasteiger partial charge in [-0.15, -0.1) is 21.5 Å². The highest BCUT2D eigenvalue weighted by molar-refractivity contribution is 7.13. The van der Waals surface area contributed by atoms with E-state index in [1.165, 1.54) is 11.3 Å². The Morgan fingerprint density at radius 3 is 2.83 bits per heavy atom. The Kier molecular flexibility index (Phi) is 4.85. The minimum absolute atomic E-state index is 0.0258. The van der Waals surface area contributed by atoms with Crippen molar-refractivity contribution >= 4 is 17.2 Å². The first-order valence-corrected chi connectivity index (χ1v) is 8.88. The van der Waals surface area contributed by atoms with Crippen LogP contribution in [-0.4, -0.2) is 21.1 Å². The Labute approximate surface area is 138 Å². The summed E-state index contributed by atoms with van der Waals surface area (Å²) < 4.78 is 0. The van der Waals surface area contributed by atoms with E-state index in [2.05, 4.69) is 20.5 Å². The van der Waals surface area contributed by atoms with Crippen molar-refractivity contribution in [1.29, 1.82) is 0 Å². The Morgan fingerprint density at radius 2 is 2.22 bits per heavy atom. The second-order valence-corrected chi connectivity index (χ2v) is 6.76. The maximum Gasteiger partial charge on any atom is 0.275 e. The molecule has 122 valence electrons. The normalized spacial score (nSPS) is 16.4. The number of hydrogen-bond donors (Lipinski definition) is 2. The molecule has 2 aromatic heterocycles. The van der Waals surface area contributed by atoms with Crippen LogP contribution in [0.25, 0.3) is 10.7 Å². The molecule has 0 aliphatic heterocycles. The van der Waals surface area contributed by atoms with Gasteiger partial charge in [0.1, 0.15) is 0 Å². The van der Waals surface area contributed by atoms with Crippen LogP contribution in [0.2, 0.25) is 0 Å². The molecule has 0 saturated heterocycles. The summed E-state index contributed by atoms with van der Waals surface area (Å²) in [6.07, 6.45) is 4.67. The summed E-state index contributed by atoms with van der Waals surface area (Å²) in [6, 6.07) is 3.38. The highest BCUT2D eigenvalue weighted by Crippen LogP contribution is 2.26. The second kappa shape index (κ2) is 7.04. The van der Waals surface area contributed by atoms with Crippen molar-refractivity contribution in [2.75, 3.05) is 0 Å². The third kappa shape index (κ3) is 3.50. The van der Waals surface area contributed by atoms with Crippen LogP contribution in [0.15, 0.2) is 22.3 Å². The summed E-state index contributed by atoms with van der Waals surface area (Å²) in [6.45, 7) is 1.92. The summed E-state index contributed by atoms with van der Waals surface area (Å²) in [5.74, 6) is 0.560. The fraction of sp³-hybridized carbons (Fsp3) is 0.500. The van der Waals surface area contributed by atoms with Gasteiger partial charge in [0, 0.05) is 5.92 Å². The molecule has 1 aliphatic rings. The fourth-order valence-electron chi connectivity index (χ4n) is 2.94. The highest BCUT2D eigenvalue weighted by atomic mass is 32.1. The van der Waals surface area contributed by atoms with Crippen molar-refractivity contribution < 1.29 is 4.79 Å². The zero-order valence-corrected chi connectivity index (χ0v) is 13.9. The largest absolute Gasteiger partial charge is 0.347 e. The summed E-state index contributed by atoms with van der Waals surface area (Å²) in [4.78, 5) is 28.2. The number of aromatic amines is 1. The van der Waals surface area contributed by atoms with Crippen LogP contribution in [0.4, 0.5) is 0 Å². The fourth-order valence-corrected chi connectivity index (χ4v) is 3.60. The predicted octanol–water partition coefficient (Wildman–Crippen LogP) is 2.65. The number of thiophene rings is 1. The number of nitrogens with one attached hydrogen (secondary N) is 2. The van der Waals surface area contributed by atoms with Crippen molar-refractivity contribution in [2.45, 2.75) is 45.1 Å². The number of nitrogens with zero attached hydrogens (tertiary/aromatic N) is 2. The van der Waals surface area contributed by atoms with Crippen molar-refractivity contribution in [2.24, 2.45) is 5.92 Å². The minimum Gasteiger partial charge on any atom is -0.347 e. The van der Waals surface area contributed by atoms with Gasteiger partial charge in [-0.25, -0.2) is 0 Å². The molecule has 1 atom stereocenters. The molecule has 1 aliphatic carbocycles. The molecule has 0 spiro atoms. The number of carbonyl (C=O) groups excluding carboxylic acids is 1. The van der Waals surface area contributed by atoms with Crippen LogP contribution in [0.1, 0.15) is 50.8 Å². The third-order valence-corrected chi connectivity index (χ3v) is 5.13. The summed E-state index contributed by atoms with van der Waals surface area (Å²) in [5.41, 5.74) is -0.0128. The smallest absolute Gasteiger partial charge is 0.275 e. The van der Waals surface area contributed by atoms with Crippen molar-refractivity contribution in [3.63, 3.8) is 0 Å². The summed E-state index contributed by atoms with van der Waals surface area (Å²) in [7, 11) is 0. The lowest BCUT2D eigenvalue weighted by molar-refractivity contribution is -0.125. The molecule has 23 heavy (non-hydrogen) atoms. The van der Waals surface area contributed by atoms with E-state index >= 15 is 0 Å². The van der Waals surface area contributed by atoms with Crippen molar-refractivity contribution in [1.82, 2.24) is 20.5 Å². The van der Waals surface area contributed by atoms with Crippen molar-refractivity contribution in [3.05, 3.63) is 33.6 Å². The van der Waals surface area contributed by atoms with Gasteiger partial charge in [-0.05, 0) is 30.7 Å². The number of carbonyl (C=O) groups is 1. The van der Waals surface area contributed by atoms with E-state index in [1.807, 2.05) is 24.4 Å². The molecule has 1 saturated carbocycles. The highest BCUT2D eigenvalue weighted by Gasteiger charge is 2.26. The molecule has 3 rings (SSSR count). The second-order valence-electron chi connectivity index (χ2n) is 5.82. The molecule has 2 aromatic rings. The molecule has 0 radical (unpaired) electrons. The van der Waals surface area contributed by atoms with Crippen LogP contribution in [0.5, 0.6) is 0 Å². The van der Waals surface area contributed by atoms with E-state index in [-0.39, 0.29) is 23.1 Å². The monoisotopic (exact) mass is 332 g/mol. The maximum absolute atomic E-state index is 12.3. The summed E-state index contributed by atoms with van der Waals surface area (Å²) in [5, 5.41) is 13.1. The minimum atomic E-state index is -0.392. The lowest BCUT2D eigenvalue weighted by Crippen LogP contribution is -2.36. The van der Waals surface area contributed by atoms with Gasteiger partial charge in [0.25, 0.3) is 5.56 Å². The van der Waals surface area contributed by atoms with Crippen LogP contribution < -0.4 is 10.9 Å². The van der Waals surface area contributed by atoms with Gasteiger partial charge in [-0.2, -0.15) is 0 Å². The molecule has 1 amide bonds. The third-order valence-electron chi connectivity index (χ3n) is 4.26. The van der Waals surface area contributed by atoms with Crippen LogP contribution in [0.3, 0.4) is 0 Å². The van der Waals surface area contributed by atoms with E-state index in [9.17, 15) is 9.59 Å². The van der Waals surface area contributed by atoms with E-state index in [4.69, 9.17) is 0 Å². The number of rotatable bonds is 5. The van der Waals surface area contributed by atoms with Gasteiger partial charge in [0.2, 0.25) is 5.91 Å². The standard InChI is InChI=1S/C16H20N4O2S/c1-2-11(17-15(21)10-6-3-4-7-10)13-16(22)18-14(20-19-13)12-8-5-9-23-12/h5,8-11H,2-4,6-7H2,1H3,(H,17,21)(H,18,20,22). The zero-order chi connectivity index (χ0) is 16.2.